The molecule has 176 valence electrons. The van der Waals surface area contributed by atoms with E-state index in [-0.39, 0.29) is 17.8 Å². The van der Waals surface area contributed by atoms with Crippen molar-refractivity contribution in [3.05, 3.63) is 53.3 Å². The number of nitrogens with one attached hydrogen (secondary N) is 3. The Morgan fingerprint density at radius 1 is 1.30 bits per heavy atom. The second-order valence-corrected chi connectivity index (χ2v) is 9.33. The van der Waals surface area contributed by atoms with Crippen molar-refractivity contribution in [3.63, 3.8) is 0 Å². The van der Waals surface area contributed by atoms with E-state index in [2.05, 4.69) is 25.2 Å². The lowest BCUT2D eigenvalue weighted by atomic mass is 9.95. The van der Waals surface area contributed by atoms with Gasteiger partial charge >= 0.3 is 0 Å². The van der Waals surface area contributed by atoms with Crippen molar-refractivity contribution in [1.29, 1.82) is 5.41 Å². The summed E-state index contributed by atoms with van der Waals surface area (Å²) in [5.41, 5.74) is 14.1. The van der Waals surface area contributed by atoms with E-state index in [1.54, 1.807) is 39.0 Å². The van der Waals surface area contributed by atoms with Gasteiger partial charge in [0.2, 0.25) is 5.91 Å². The summed E-state index contributed by atoms with van der Waals surface area (Å²) in [5, 5.41) is 10.9. The van der Waals surface area contributed by atoms with Crippen LogP contribution in [-0.4, -0.2) is 52.9 Å². The Balaban J connectivity index is 1.82. The summed E-state index contributed by atoms with van der Waals surface area (Å²) in [7, 11) is 0. The van der Waals surface area contributed by atoms with Gasteiger partial charge in [-0.1, -0.05) is 32.9 Å². The van der Waals surface area contributed by atoms with Crippen molar-refractivity contribution < 1.29 is 4.79 Å². The largest absolute Gasteiger partial charge is 0.390 e. The van der Waals surface area contributed by atoms with Crippen molar-refractivity contribution >= 4 is 29.6 Å². The highest BCUT2D eigenvalue weighted by Gasteiger charge is 2.23. The number of nitrogens with zero attached hydrogens (tertiary/aromatic N) is 3. The lowest BCUT2D eigenvalue weighted by molar-refractivity contribution is -0.126. The number of piperidine rings is 1. The van der Waals surface area contributed by atoms with Gasteiger partial charge in [0, 0.05) is 29.8 Å². The SMILES string of the molecule is CC(C)(C)C(=O)NC(=N)c1cccc(N=C(N=CN)c2[nH]ccc2CN2CCC(N)CC2)c1. The average Bonchev–Trinajstić information content (AvgIpc) is 3.22. The van der Waals surface area contributed by atoms with Crippen LogP contribution in [0.15, 0.2) is 46.5 Å². The van der Waals surface area contributed by atoms with Gasteiger partial charge in [-0.15, -0.1) is 0 Å². The minimum absolute atomic E-state index is 0.0275. The highest BCUT2D eigenvalue weighted by Crippen LogP contribution is 2.21. The maximum absolute atomic E-state index is 12.2. The fraction of sp³-hybridized carbons (Fsp3) is 0.417. The van der Waals surface area contributed by atoms with Gasteiger partial charge in [0.15, 0.2) is 5.84 Å². The molecule has 0 atom stereocenters. The van der Waals surface area contributed by atoms with Crippen LogP contribution in [0.1, 0.15) is 50.4 Å². The van der Waals surface area contributed by atoms with E-state index in [0.29, 0.717) is 17.1 Å². The first-order chi connectivity index (χ1) is 15.7. The summed E-state index contributed by atoms with van der Waals surface area (Å²) in [4.78, 5) is 26.8. The first-order valence-corrected chi connectivity index (χ1v) is 11.2. The summed E-state index contributed by atoms with van der Waals surface area (Å²) in [6.45, 7) is 8.11. The van der Waals surface area contributed by atoms with Crippen molar-refractivity contribution in [2.24, 2.45) is 26.9 Å². The van der Waals surface area contributed by atoms with Crippen LogP contribution in [0.25, 0.3) is 0 Å². The number of aliphatic imine (C=N–C) groups is 2. The molecule has 33 heavy (non-hydrogen) atoms. The summed E-state index contributed by atoms with van der Waals surface area (Å²) < 4.78 is 0. The predicted molar refractivity (Wildman–Crippen MR) is 133 cm³/mol. The van der Waals surface area contributed by atoms with E-state index < -0.39 is 5.41 Å². The molecule has 2 aromatic rings. The van der Waals surface area contributed by atoms with Crippen LogP contribution in [0.3, 0.4) is 0 Å². The van der Waals surface area contributed by atoms with Gasteiger partial charge in [-0.25, -0.2) is 9.98 Å². The minimum atomic E-state index is -0.589. The lowest BCUT2D eigenvalue weighted by Gasteiger charge is -2.30. The molecular weight excluding hydrogens is 416 g/mol. The molecule has 0 spiro atoms. The molecule has 0 radical (unpaired) electrons. The first kappa shape index (κ1) is 24.3. The summed E-state index contributed by atoms with van der Waals surface area (Å²) in [6.07, 6.45) is 5.08. The predicted octanol–water partition coefficient (Wildman–Crippen LogP) is 2.49. The molecule has 1 aliphatic rings. The first-order valence-electron chi connectivity index (χ1n) is 11.2. The van der Waals surface area contributed by atoms with E-state index in [1.165, 1.54) is 6.34 Å². The molecule has 0 unspecified atom stereocenters. The van der Waals surface area contributed by atoms with Crippen LogP contribution < -0.4 is 16.8 Å². The van der Waals surface area contributed by atoms with Gasteiger partial charge in [0.05, 0.1) is 17.7 Å². The van der Waals surface area contributed by atoms with Crippen molar-refractivity contribution in [3.8, 4) is 0 Å². The zero-order valence-corrected chi connectivity index (χ0v) is 19.6. The van der Waals surface area contributed by atoms with Crippen LogP contribution in [0.4, 0.5) is 5.69 Å². The number of likely N-dealkylation sites (tertiary alicyclic amines) is 1. The third kappa shape index (κ3) is 6.59. The summed E-state index contributed by atoms with van der Waals surface area (Å²) in [6, 6.07) is 9.43. The molecule has 1 aliphatic heterocycles. The lowest BCUT2D eigenvalue weighted by Crippen LogP contribution is -2.39. The molecule has 3 rings (SSSR count). The number of H-pyrrole nitrogens is 1. The van der Waals surface area contributed by atoms with Gasteiger partial charge in [-0.3, -0.25) is 15.1 Å². The van der Waals surface area contributed by atoms with Gasteiger partial charge < -0.3 is 21.8 Å². The number of benzene rings is 1. The number of nitrogens with two attached hydrogens (primary N) is 2. The molecule has 1 saturated heterocycles. The van der Waals surface area contributed by atoms with Crippen LogP contribution in [0.5, 0.6) is 0 Å². The van der Waals surface area contributed by atoms with Crippen LogP contribution in [-0.2, 0) is 11.3 Å². The Labute approximate surface area is 194 Å². The summed E-state index contributed by atoms with van der Waals surface area (Å²) in [5.74, 6) is 0.262. The van der Waals surface area contributed by atoms with E-state index in [0.717, 1.165) is 43.7 Å². The molecule has 0 saturated carbocycles. The Morgan fingerprint density at radius 3 is 2.70 bits per heavy atom. The number of carbonyl (C=O) groups is 1. The maximum atomic E-state index is 12.2. The number of aromatic amines is 1. The second kappa shape index (κ2) is 10.5. The molecule has 1 aromatic carbocycles. The fourth-order valence-electron chi connectivity index (χ4n) is 3.54. The van der Waals surface area contributed by atoms with E-state index in [4.69, 9.17) is 16.9 Å². The number of rotatable bonds is 5. The standard InChI is InChI=1S/C24H34N8O/c1-24(2,3)23(33)31-21(27)16-5-4-6-19(13-16)30-22(29-15-25)20-17(7-10-28-20)14-32-11-8-18(26)9-12-32/h4-7,10,13,15,18,28H,8-9,11-12,14,26H2,1-3H3,(H2,25,29,30)(H2,27,31,33). The molecular formula is C24H34N8O. The van der Waals surface area contributed by atoms with Gasteiger partial charge in [0.1, 0.15) is 5.84 Å². The second-order valence-electron chi connectivity index (χ2n) is 9.33. The summed E-state index contributed by atoms with van der Waals surface area (Å²) >= 11 is 0. The van der Waals surface area contributed by atoms with E-state index in [9.17, 15) is 4.79 Å². The minimum Gasteiger partial charge on any atom is -0.390 e. The number of carbonyl (C=O) groups excluding carboxylic acids is 1. The molecule has 7 N–H and O–H groups in total. The topological polar surface area (TPSA) is 149 Å². The van der Waals surface area contributed by atoms with Crippen molar-refractivity contribution in [2.75, 3.05) is 13.1 Å². The van der Waals surface area contributed by atoms with Crippen molar-refractivity contribution in [1.82, 2.24) is 15.2 Å². The number of hydrogen-bond donors (Lipinski definition) is 5. The van der Waals surface area contributed by atoms with Gasteiger partial charge in [0.25, 0.3) is 0 Å². The number of amides is 1. The molecule has 9 heteroatoms. The Bertz CT molecular complexity index is 1040. The maximum Gasteiger partial charge on any atom is 0.230 e. The van der Waals surface area contributed by atoms with Gasteiger partial charge in [-0.2, -0.15) is 0 Å². The molecule has 1 amide bonds. The Kier molecular flexibility index (Phi) is 7.78. The highest BCUT2D eigenvalue weighted by molar-refractivity contribution is 6.08. The molecule has 1 aromatic heterocycles. The number of aromatic nitrogens is 1. The molecule has 2 heterocycles. The quantitative estimate of drug-likeness (QED) is 0.351. The van der Waals surface area contributed by atoms with Crippen LogP contribution >= 0.6 is 0 Å². The molecule has 0 bridgehead atoms. The van der Waals surface area contributed by atoms with Crippen LogP contribution in [0, 0.1) is 10.8 Å². The molecule has 0 aliphatic carbocycles. The molecule has 1 fully saturated rings. The van der Waals surface area contributed by atoms with Gasteiger partial charge in [-0.05, 0) is 49.7 Å². The van der Waals surface area contributed by atoms with Crippen LogP contribution in [0.2, 0.25) is 0 Å². The Hall–Kier alpha value is -3.30. The van der Waals surface area contributed by atoms with Crippen molar-refractivity contribution in [2.45, 2.75) is 46.2 Å². The monoisotopic (exact) mass is 450 g/mol. The van der Waals surface area contributed by atoms with E-state index in [1.807, 2.05) is 18.3 Å². The zero-order chi connectivity index (χ0) is 24.0. The fourth-order valence-corrected chi connectivity index (χ4v) is 3.54. The number of amidine groups is 2. The Morgan fingerprint density at radius 2 is 2.03 bits per heavy atom. The smallest absolute Gasteiger partial charge is 0.230 e. The normalized spacial score (nSPS) is 16.3. The third-order valence-electron chi connectivity index (χ3n) is 5.57. The third-order valence-corrected chi connectivity index (χ3v) is 5.57. The zero-order valence-electron chi connectivity index (χ0n) is 19.6. The number of hydrogen-bond acceptors (Lipinski definition) is 5. The highest BCUT2D eigenvalue weighted by atomic mass is 16.2. The average molecular weight is 451 g/mol. The molecule has 9 nitrogen and oxygen atoms in total. The van der Waals surface area contributed by atoms with E-state index >= 15 is 0 Å².